The molecule has 74 valence electrons. The summed E-state index contributed by atoms with van der Waals surface area (Å²) in [5.41, 5.74) is 5.84. The minimum Gasteiger partial charge on any atom is -0.396 e. The van der Waals surface area contributed by atoms with E-state index >= 15 is 0 Å². The number of nitrogen functional groups attached to an aromatic ring is 1. The molecular weight excluding hydrogens is 181 g/mol. The summed E-state index contributed by atoms with van der Waals surface area (Å²) in [7, 11) is 0. The molecule has 2 nitrogen and oxygen atoms in total. The summed E-state index contributed by atoms with van der Waals surface area (Å²) in [6.07, 6.45) is 2.91. The van der Waals surface area contributed by atoms with E-state index < -0.39 is 5.82 Å². The Bertz CT molecular complexity index is 372. The first kappa shape index (κ1) is 9.19. The fraction of sp³-hybridized carbons (Fsp3) is 0.364. The van der Waals surface area contributed by atoms with Crippen molar-refractivity contribution in [3.63, 3.8) is 0 Å². The highest BCUT2D eigenvalue weighted by molar-refractivity contribution is 6.02. The van der Waals surface area contributed by atoms with Crippen molar-refractivity contribution in [3.05, 3.63) is 29.6 Å². The van der Waals surface area contributed by atoms with Crippen LogP contribution in [0.1, 0.15) is 29.6 Å². The molecule has 0 aromatic heterocycles. The maximum atomic E-state index is 13.0. The van der Waals surface area contributed by atoms with E-state index in [1.54, 1.807) is 6.07 Å². The van der Waals surface area contributed by atoms with Gasteiger partial charge in [0.1, 0.15) is 5.82 Å². The van der Waals surface area contributed by atoms with E-state index in [0.717, 1.165) is 19.3 Å². The smallest absolute Gasteiger partial charge is 0.168 e. The predicted molar refractivity (Wildman–Crippen MR) is 52.5 cm³/mol. The van der Waals surface area contributed by atoms with Gasteiger partial charge in [-0.15, -0.1) is 0 Å². The first-order valence-electron chi connectivity index (χ1n) is 4.78. The first-order chi connectivity index (χ1) is 6.70. The van der Waals surface area contributed by atoms with Crippen LogP contribution in [-0.2, 0) is 0 Å². The maximum Gasteiger partial charge on any atom is 0.168 e. The van der Waals surface area contributed by atoms with Crippen LogP contribution in [-0.4, -0.2) is 5.78 Å². The molecular formula is C11H12FNO. The lowest BCUT2D eigenvalue weighted by atomic mass is 9.79. The lowest BCUT2D eigenvalue weighted by Crippen LogP contribution is -2.23. The number of para-hydroxylation sites is 1. The van der Waals surface area contributed by atoms with E-state index in [4.69, 9.17) is 5.73 Å². The molecule has 1 saturated carbocycles. The number of rotatable bonds is 2. The summed E-state index contributed by atoms with van der Waals surface area (Å²) in [4.78, 5) is 11.8. The van der Waals surface area contributed by atoms with Gasteiger partial charge in [0.05, 0.1) is 5.69 Å². The number of ketones is 1. The third-order valence-corrected chi connectivity index (χ3v) is 2.79. The zero-order chi connectivity index (χ0) is 10.1. The van der Waals surface area contributed by atoms with Crippen molar-refractivity contribution in [2.45, 2.75) is 19.3 Å². The second-order valence-electron chi connectivity index (χ2n) is 3.69. The second-order valence-corrected chi connectivity index (χ2v) is 3.69. The van der Waals surface area contributed by atoms with Gasteiger partial charge in [0.25, 0.3) is 0 Å². The van der Waals surface area contributed by atoms with Gasteiger partial charge < -0.3 is 5.73 Å². The third kappa shape index (κ3) is 1.39. The van der Waals surface area contributed by atoms with E-state index in [2.05, 4.69) is 0 Å². The second kappa shape index (κ2) is 3.40. The van der Waals surface area contributed by atoms with Crippen LogP contribution in [0.15, 0.2) is 18.2 Å². The Labute approximate surface area is 81.9 Å². The Morgan fingerprint density at radius 3 is 2.71 bits per heavy atom. The Morgan fingerprint density at radius 1 is 1.43 bits per heavy atom. The summed E-state index contributed by atoms with van der Waals surface area (Å²) in [5.74, 6) is -0.442. The lowest BCUT2D eigenvalue weighted by Gasteiger charge is -2.24. The average Bonchev–Trinajstić information content (AvgIpc) is 2.06. The monoisotopic (exact) mass is 193 g/mol. The Hall–Kier alpha value is -1.38. The van der Waals surface area contributed by atoms with E-state index in [-0.39, 0.29) is 17.4 Å². The SMILES string of the molecule is Nc1c(F)cccc1C(=O)C1CCC1. The summed E-state index contributed by atoms with van der Waals surface area (Å²) < 4.78 is 13.0. The van der Waals surface area contributed by atoms with Crippen molar-refractivity contribution in [3.8, 4) is 0 Å². The lowest BCUT2D eigenvalue weighted by molar-refractivity contribution is 0.0856. The molecule has 1 aliphatic carbocycles. The van der Waals surface area contributed by atoms with Gasteiger partial charge in [0.15, 0.2) is 5.78 Å². The van der Waals surface area contributed by atoms with Crippen LogP contribution >= 0.6 is 0 Å². The summed E-state index contributed by atoms with van der Waals surface area (Å²) in [6.45, 7) is 0. The number of hydrogen-bond acceptors (Lipinski definition) is 2. The number of halogens is 1. The number of hydrogen-bond donors (Lipinski definition) is 1. The van der Waals surface area contributed by atoms with Gasteiger partial charge in [-0.25, -0.2) is 4.39 Å². The van der Waals surface area contributed by atoms with Crippen molar-refractivity contribution >= 4 is 11.5 Å². The molecule has 0 bridgehead atoms. The fourth-order valence-corrected chi connectivity index (χ4v) is 1.64. The van der Waals surface area contributed by atoms with Gasteiger partial charge in [-0.3, -0.25) is 4.79 Å². The molecule has 2 rings (SSSR count). The normalized spacial score (nSPS) is 16.4. The van der Waals surface area contributed by atoms with Gasteiger partial charge in [0.2, 0.25) is 0 Å². The molecule has 1 aliphatic rings. The zero-order valence-corrected chi connectivity index (χ0v) is 7.79. The molecule has 0 atom stereocenters. The molecule has 3 heteroatoms. The number of carbonyl (C=O) groups is 1. The minimum absolute atomic E-state index is 0.00625. The van der Waals surface area contributed by atoms with Crippen LogP contribution in [0.5, 0.6) is 0 Å². The third-order valence-electron chi connectivity index (χ3n) is 2.79. The molecule has 14 heavy (non-hydrogen) atoms. The number of benzene rings is 1. The Morgan fingerprint density at radius 2 is 2.14 bits per heavy atom. The molecule has 1 aromatic rings. The summed E-state index contributed by atoms with van der Waals surface area (Å²) >= 11 is 0. The van der Waals surface area contributed by atoms with Crippen LogP contribution in [0, 0.1) is 11.7 Å². The minimum atomic E-state index is -0.504. The zero-order valence-electron chi connectivity index (χ0n) is 7.79. The highest BCUT2D eigenvalue weighted by atomic mass is 19.1. The molecule has 0 heterocycles. The largest absolute Gasteiger partial charge is 0.396 e. The van der Waals surface area contributed by atoms with E-state index in [1.807, 2.05) is 0 Å². The van der Waals surface area contributed by atoms with Gasteiger partial charge in [0, 0.05) is 11.5 Å². The van der Waals surface area contributed by atoms with Crippen molar-refractivity contribution in [1.29, 1.82) is 0 Å². The Kier molecular flexibility index (Phi) is 2.23. The van der Waals surface area contributed by atoms with Crippen LogP contribution in [0.25, 0.3) is 0 Å². The van der Waals surface area contributed by atoms with E-state index in [9.17, 15) is 9.18 Å². The van der Waals surface area contributed by atoms with Gasteiger partial charge in [-0.1, -0.05) is 12.5 Å². The van der Waals surface area contributed by atoms with Gasteiger partial charge in [-0.05, 0) is 25.0 Å². The van der Waals surface area contributed by atoms with E-state index in [0.29, 0.717) is 5.56 Å². The van der Waals surface area contributed by atoms with Crippen molar-refractivity contribution in [2.24, 2.45) is 5.92 Å². The summed E-state index contributed by atoms with van der Waals surface area (Å²) in [5, 5.41) is 0. The predicted octanol–water partition coefficient (Wildman–Crippen LogP) is 2.39. The topological polar surface area (TPSA) is 43.1 Å². The molecule has 0 unspecified atom stereocenters. The average molecular weight is 193 g/mol. The molecule has 2 N–H and O–H groups in total. The maximum absolute atomic E-state index is 13.0. The van der Waals surface area contributed by atoms with Gasteiger partial charge >= 0.3 is 0 Å². The highest BCUT2D eigenvalue weighted by Gasteiger charge is 2.27. The van der Waals surface area contributed by atoms with Crippen LogP contribution in [0.2, 0.25) is 0 Å². The Balaban J connectivity index is 2.31. The molecule has 0 spiro atoms. The first-order valence-corrected chi connectivity index (χ1v) is 4.78. The molecule has 1 fully saturated rings. The van der Waals surface area contributed by atoms with Crippen molar-refractivity contribution < 1.29 is 9.18 Å². The highest BCUT2D eigenvalue weighted by Crippen LogP contribution is 2.31. The van der Waals surface area contributed by atoms with Gasteiger partial charge in [-0.2, -0.15) is 0 Å². The standard InChI is InChI=1S/C11H12FNO/c12-9-6-2-5-8(10(9)13)11(14)7-3-1-4-7/h2,5-7H,1,3-4,13H2. The number of nitrogens with two attached hydrogens (primary N) is 1. The summed E-state index contributed by atoms with van der Waals surface area (Å²) in [6, 6.07) is 4.39. The number of anilines is 1. The van der Waals surface area contributed by atoms with Crippen LogP contribution < -0.4 is 5.73 Å². The number of carbonyl (C=O) groups excluding carboxylic acids is 1. The van der Waals surface area contributed by atoms with Crippen LogP contribution in [0.4, 0.5) is 10.1 Å². The van der Waals surface area contributed by atoms with Crippen LogP contribution in [0.3, 0.4) is 0 Å². The molecule has 0 saturated heterocycles. The molecule has 1 aromatic carbocycles. The van der Waals surface area contributed by atoms with E-state index in [1.165, 1.54) is 12.1 Å². The number of Topliss-reactive ketones (excluding diaryl/α,β-unsaturated/α-hetero) is 1. The van der Waals surface area contributed by atoms with Crippen molar-refractivity contribution in [2.75, 3.05) is 5.73 Å². The van der Waals surface area contributed by atoms with Crippen molar-refractivity contribution in [1.82, 2.24) is 0 Å². The quantitative estimate of drug-likeness (QED) is 0.579. The molecule has 0 aliphatic heterocycles. The molecule has 0 amide bonds. The fourth-order valence-electron chi connectivity index (χ4n) is 1.64. The molecule has 0 radical (unpaired) electrons.